The number of ether oxygens (including phenoxy) is 1. The summed E-state index contributed by atoms with van der Waals surface area (Å²) in [5.74, 6) is -0.135. The van der Waals surface area contributed by atoms with E-state index in [1.165, 1.54) is 29.4 Å². The van der Waals surface area contributed by atoms with E-state index in [0.717, 1.165) is 29.5 Å². The normalized spacial score (nSPS) is 25.2. The molecule has 1 saturated carbocycles. The molecule has 3 aromatic rings. The van der Waals surface area contributed by atoms with E-state index in [4.69, 9.17) is 4.74 Å². The highest BCUT2D eigenvalue weighted by atomic mass is 32.2. The van der Waals surface area contributed by atoms with Crippen LogP contribution in [0.5, 0.6) is 0 Å². The molecule has 0 spiro atoms. The Morgan fingerprint density at radius 1 is 1.18 bits per heavy atom. The Bertz CT molecular complexity index is 1440. The van der Waals surface area contributed by atoms with Crippen LogP contribution in [0.4, 0.5) is 5.82 Å². The number of hydrogen-bond donors (Lipinski definition) is 4. The van der Waals surface area contributed by atoms with Crippen molar-refractivity contribution in [1.82, 2.24) is 14.7 Å². The molecule has 1 aliphatic carbocycles. The number of nitrogens with one attached hydrogen (secondary N) is 2. The van der Waals surface area contributed by atoms with Gasteiger partial charge < -0.3 is 20.3 Å². The zero-order valence-electron chi connectivity index (χ0n) is 20.7. The van der Waals surface area contributed by atoms with Crippen LogP contribution in [0.25, 0.3) is 0 Å². The first-order valence-corrected chi connectivity index (χ1v) is 14.3. The Balaban J connectivity index is 1.38. The van der Waals surface area contributed by atoms with Crippen molar-refractivity contribution >= 4 is 33.2 Å². The van der Waals surface area contributed by atoms with Gasteiger partial charge in [0.05, 0.1) is 42.3 Å². The van der Waals surface area contributed by atoms with E-state index >= 15 is 0 Å². The Kier molecular flexibility index (Phi) is 7.60. The minimum absolute atomic E-state index is 0.0310. The zero-order valence-corrected chi connectivity index (χ0v) is 22.3. The molecule has 5 atom stereocenters. The number of carbonyl (C=O) groups excluding carboxylic acids is 1. The SMILES string of the molecule is COS(=O)(=O)N[C@@H]1C[C@@H](Nc2ncncc2C(=O)c2cc([C@@H]3OCCc4ccccc43)c(C)s2)[C@H](O)[C@@H]1O. The number of aromatic nitrogens is 2. The van der Waals surface area contributed by atoms with Gasteiger partial charge in [0.2, 0.25) is 5.78 Å². The molecule has 0 amide bonds. The predicted octanol–water partition coefficient (Wildman–Crippen LogP) is 1.50. The molecule has 2 aromatic heterocycles. The highest BCUT2D eigenvalue weighted by Gasteiger charge is 2.43. The number of carbonyl (C=O) groups is 1. The molecule has 13 heteroatoms. The van der Waals surface area contributed by atoms with E-state index in [1.54, 1.807) is 0 Å². The average Bonchev–Trinajstić information content (AvgIpc) is 3.43. The molecular formula is C25H28N4O7S2. The van der Waals surface area contributed by atoms with Crippen molar-refractivity contribution in [3.63, 3.8) is 0 Å². The lowest BCUT2D eigenvalue weighted by Gasteiger charge is -2.26. The van der Waals surface area contributed by atoms with E-state index in [-0.39, 0.29) is 29.7 Å². The molecule has 0 unspecified atom stereocenters. The zero-order chi connectivity index (χ0) is 27.0. The molecule has 3 heterocycles. The van der Waals surface area contributed by atoms with Gasteiger partial charge in [0, 0.05) is 11.1 Å². The highest BCUT2D eigenvalue weighted by molar-refractivity contribution is 7.84. The summed E-state index contributed by atoms with van der Waals surface area (Å²) in [7, 11) is -3.09. The summed E-state index contributed by atoms with van der Waals surface area (Å²) in [5.41, 5.74) is 3.44. The van der Waals surface area contributed by atoms with Gasteiger partial charge in [-0.25, -0.2) is 9.97 Å². The van der Waals surface area contributed by atoms with Crippen molar-refractivity contribution in [1.29, 1.82) is 0 Å². The minimum atomic E-state index is -4.08. The van der Waals surface area contributed by atoms with Crippen molar-refractivity contribution in [3.05, 3.63) is 74.9 Å². The number of thiophene rings is 1. The fourth-order valence-corrected chi connectivity index (χ4v) is 6.67. The van der Waals surface area contributed by atoms with E-state index in [0.29, 0.717) is 11.5 Å². The van der Waals surface area contributed by atoms with Crippen LogP contribution in [-0.2, 0) is 25.6 Å². The van der Waals surface area contributed by atoms with Crippen LogP contribution in [-0.4, -0.2) is 72.4 Å². The van der Waals surface area contributed by atoms with Crippen LogP contribution in [0.1, 0.15) is 49.3 Å². The van der Waals surface area contributed by atoms with Crippen molar-refractivity contribution in [3.8, 4) is 0 Å². The number of ketones is 1. The Morgan fingerprint density at radius 3 is 2.74 bits per heavy atom. The minimum Gasteiger partial charge on any atom is -0.389 e. The van der Waals surface area contributed by atoms with Gasteiger partial charge in [-0.15, -0.1) is 11.3 Å². The molecule has 0 bridgehead atoms. The predicted molar refractivity (Wildman–Crippen MR) is 139 cm³/mol. The van der Waals surface area contributed by atoms with E-state index < -0.39 is 34.6 Å². The Morgan fingerprint density at radius 2 is 1.95 bits per heavy atom. The monoisotopic (exact) mass is 560 g/mol. The first-order valence-electron chi connectivity index (χ1n) is 12.0. The first-order chi connectivity index (χ1) is 18.2. The smallest absolute Gasteiger partial charge is 0.335 e. The third-order valence-corrected chi connectivity index (χ3v) is 9.03. The third kappa shape index (κ3) is 5.23. The van der Waals surface area contributed by atoms with Crippen molar-refractivity contribution in [2.75, 3.05) is 19.0 Å². The highest BCUT2D eigenvalue weighted by Crippen LogP contribution is 2.38. The number of benzene rings is 1. The van der Waals surface area contributed by atoms with Gasteiger partial charge in [-0.05, 0) is 42.5 Å². The third-order valence-electron chi connectivity index (χ3n) is 6.93. The summed E-state index contributed by atoms with van der Waals surface area (Å²) < 4.78 is 36.2. The van der Waals surface area contributed by atoms with Crippen LogP contribution in [0.3, 0.4) is 0 Å². The topological polar surface area (TPSA) is 160 Å². The molecule has 2 aliphatic rings. The van der Waals surface area contributed by atoms with Gasteiger partial charge in [-0.1, -0.05) is 24.3 Å². The van der Waals surface area contributed by atoms with Crippen LogP contribution in [0.15, 0.2) is 42.9 Å². The number of nitrogens with zero attached hydrogens (tertiary/aromatic N) is 2. The van der Waals surface area contributed by atoms with Gasteiger partial charge in [-0.3, -0.25) is 8.98 Å². The second-order valence-corrected chi connectivity index (χ2v) is 12.0. The van der Waals surface area contributed by atoms with Crippen molar-refractivity contribution < 1.29 is 32.3 Å². The Labute approximate surface area is 224 Å². The summed E-state index contributed by atoms with van der Waals surface area (Å²) in [6.07, 6.45) is 0.555. The number of rotatable bonds is 8. The van der Waals surface area contributed by atoms with Crippen LogP contribution in [0.2, 0.25) is 0 Å². The maximum Gasteiger partial charge on any atom is 0.335 e. The van der Waals surface area contributed by atoms with Gasteiger partial charge in [0.1, 0.15) is 24.4 Å². The molecule has 0 saturated heterocycles. The van der Waals surface area contributed by atoms with Crippen LogP contribution < -0.4 is 10.0 Å². The van der Waals surface area contributed by atoms with E-state index in [2.05, 4.69) is 30.3 Å². The maximum atomic E-state index is 13.6. The fraction of sp³-hybridized carbons (Fsp3) is 0.400. The van der Waals surface area contributed by atoms with Gasteiger partial charge in [0.15, 0.2) is 0 Å². The summed E-state index contributed by atoms with van der Waals surface area (Å²) in [6.45, 7) is 2.55. The molecule has 5 rings (SSSR count). The lowest BCUT2D eigenvalue weighted by Crippen LogP contribution is -2.43. The first kappa shape index (κ1) is 26.8. The van der Waals surface area contributed by atoms with Crippen molar-refractivity contribution in [2.24, 2.45) is 0 Å². The molecular weight excluding hydrogens is 532 g/mol. The van der Waals surface area contributed by atoms with E-state index in [1.807, 2.05) is 31.2 Å². The van der Waals surface area contributed by atoms with Crippen LogP contribution >= 0.6 is 11.3 Å². The second-order valence-electron chi connectivity index (χ2n) is 9.25. The average molecular weight is 561 g/mol. The summed E-state index contributed by atoms with van der Waals surface area (Å²) in [5, 5.41) is 23.9. The Hall–Kier alpha value is -2.78. The molecule has 0 radical (unpaired) electrons. The van der Waals surface area contributed by atoms with Crippen LogP contribution in [0, 0.1) is 6.92 Å². The summed E-state index contributed by atoms with van der Waals surface area (Å²) >= 11 is 1.35. The number of aliphatic hydroxyl groups excluding tert-OH is 2. The van der Waals surface area contributed by atoms with Gasteiger partial charge >= 0.3 is 10.3 Å². The molecule has 11 nitrogen and oxygen atoms in total. The molecule has 1 aliphatic heterocycles. The lowest BCUT2D eigenvalue weighted by atomic mass is 9.93. The molecule has 4 N–H and O–H groups in total. The molecule has 1 aromatic carbocycles. The fourth-order valence-electron chi connectivity index (χ4n) is 4.96. The number of aliphatic hydroxyl groups is 2. The molecule has 1 fully saturated rings. The second kappa shape index (κ2) is 10.8. The number of aryl methyl sites for hydroxylation is 1. The van der Waals surface area contributed by atoms with E-state index in [9.17, 15) is 23.4 Å². The summed E-state index contributed by atoms with van der Waals surface area (Å²) in [4.78, 5) is 23.3. The van der Waals surface area contributed by atoms with Crippen molar-refractivity contribution in [2.45, 2.75) is 50.2 Å². The standard InChI is InChI=1S/C25H28N4O7S2/c1-13-16(24-15-6-4-3-5-14(15)7-8-36-24)9-20(37-13)21(30)17-11-26-12-27-25(17)28-18-10-19(23(32)22(18)31)29-38(33,34)35-2/h3-6,9,11-12,18-19,22-24,29,31-32H,7-8,10H2,1-2H3,(H,26,27,28)/t18-,19-,22+,23-,24-/m1/s1. The quantitative estimate of drug-likeness (QED) is 0.297. The lowest BCUT2D eigenvalue weighted by molar-refractivity contribution is 0.0294. The number of anilines is 1. The maximum absolute atomic E-state index is 13.6. The largest absolute Gasteiger partial charge is 0.389 e. The number of hydrogen-bond acceptors (Lipinski definition) is 11. The number of fused-ring (bicyclic) bond motifs is 1. The molecule has 202 valence electrons. The summed E-state index contributed by atoms with van der Waals surface area (Å²) in [6, 6.07) is 8.19. The van der Waals surface area contributed by atoms with Gasteiger partial charge in [0.25, 0.3) is 0 Å². The molecule has 38 heavy (non-hydrogen) atoms. The van der Waals surface area contributed by atoms with Gasteiger partial charge in [-0.2, -0.15) is 13.1 Å².